The third-order valence-corrected chi connectivity index (χ3v) is 5.53. The van der Waals surface area contributed by atoms with E-state index in [1.807, 2.05) is 0 Å². The van der Waals surface area contributed by atoms with Crippen LogP contribution >= 0.6 is 0 Å². The molecule has 2 heterocycles. The fourth-order valence-electron chi connectivity index (χ4n) is 3.68. The van der Waals surface area contributed by atoms with Crippen LogP contribution in [0.2, 0.25) is 0 Å². The normalized spacial score (nSPS) is 13.8. The molecule has 1 atom stereocenters. The molecule has 0 saturated heterocycles. The fraction of sp³-hybridized carbons (Fsp3) is 0.333. The number of nitrogens with zero attached hydrogens (tertiary/aromatic N) is 3. The summed E-state index contributed by atoms with van der Waals surface area (Å²) < 4.78 is 11.1. The predicted octanol–water partition coefficient (Wildman–Crippen LogP) is 2.47. The number of nitrogens with one attached hydrogen (secondary N) is 3. The van der Waals surface area contributed by atoms with E-state index in [2.05, 4.69) is 25.9 Å². The number of ether oxygens (including phenoxy) is 1. The Morgan fingerprint density at radius 1 is 1.24 bits per heavy atom. The van der Waals surface area contributed by atoms with Gasteiger partial charge in [-0.15, -0.1) is 0 Å². The Labute approximate surface area is 211 Å². The van der Waals surface area contributed by atoms with Gasteiger partial charge >= 0.3 is 5.97 Å². The lowest BCUT2D eigenvalue weighted by Gasteiger charge is -2.15. The summed E-state index contributed by atoms with van der Waals surface area (Å²) >= 11 is 0. The lowest BCUT2D eigenvalue weighted by Crippen LogP contribution is -2.43. The van der Waals surface area contributed by atoms with Crippen LogP contribution in [0.3, 0.4) is 0 Å². The molecule has 37 heavy (non-hydrogen) atoms. The first-order valence-corrected chi connectivity index (χ1v) is 11.7. The number of carboxylic acids is 1. The number of guanidine groups is 1. The molecule has 4 N–H and O–H groups in total. The van der Waals surface area contributed by atoms with Gasteiger partial charge in [-0.1, -0.05) is 18.2 Å². The van der Waals surface area contributed by atoms with Crippen molar-refractivity contribution in [3.8, 4) is 5.75 Å². The third kappa shape index (κ3) is 6.93. The third-order valence-electron chi connectivity index (χ3n) is 5.53. The monoisotopic (exact) mass is 510 g/mol. The summed E-state index contributed by atoms with van der Waals surface area (Å²) in [4.78, 5) is 42.6. The minimum absolute atomic E-state index is 0.0394. The Morgan fingerprint density at radius 3 is 2.76 bits per heavy atom. The maximum atomic E-state index is 12.0. The number of nitro benzene ring substituents is 1. The van der Waals surface area contributed by atoms with Gasteiger partial charge in [0.25, 0.3) is 11.7 Å². The van der Waals surface area contributed by atoms with Crippen LogP contribution in [-0.4, -0.2) is 58.6 Å². The van der Waals surface area contributed by atoms with Crippen LogP contribution in [0.15, 0.2) is 51.9 Å². The smallest absolute Gasteiger partial charge is 0.326 e. The number of anilines is 1. The van der Waals surface area contributed by atoms with E-state index >= 15 is 0 Å². The summed E-state index contributed by atoms with van der Waals surface area (Å²) in [6.45, 7) is 1.84. The molecule has 13 heteroatoms. The summed E-state index contributed by atoms with van der Waals surface area (Å²) in [5.41, 5.74) is 0.708. The first kappa shape index (κ1) is 25.4. The molecular formula is C24H26N6O7. The fourth-order valence-corrected chi connectivity index (χ4v) is 3.68. The lowest BCUT2D eigenvalue weighted by atomic mass is 10.1. The van der Waals surface area contributed by atoms with E-state index in [1.54, 1.807) is 24.3 Å². The van der Waals surface area contributed by atoms with Gasteiger partial charge in [-0.2, -0.15) is 4.98 Å². The summed E-state index contributed by atoms with van der Waals surface area (Å²) in [6.07, 6.45) is 1.87. The van der Waals surface area contributed by atoms with E-state index in [-0.39, 0.29) is 35.1 Å². The maximum absolute atomic E-state index is 12.0. The first-order chi connectivity index (χ1) is 17.9. The molecule has 1 aliphatic heterocycles. The highest BCUT2D eigenvalue weighted by Crippen LogP contribution is 2.28. The molecule has 13 nitrogen and oxygen atoms in total. The van der Waals surface area contributed by atoms with E-state index in [4.69, 9.17) is 9.15 Å². The van der Waals surface area contributed by atoms with Crippen LogP contribution < -0.4 is 20.7 Å². The highest BCUT2D eigenvalue weighted by molar-refractivity contribution is 5.97. The average molecular weight is 511 g/mol. The van der Waals surface area contributed by atoms with Gasteiger partial charge in [-0.3, -0.25) is 25.2 Å². The molecule has 1 aromatic heterocycles. The van der Waals surface area contributed by atoms with Crippen LogP contribution in [0.4, 0.5) is 11.7 Å². The Bertz CT molecular complexity index is 1300. The second-order valence-corrected chi connectivity index (χ2v) is 8.29. The number of fused-ring (bicyclic) bond motifs is 1. The average Bonchev–Trinajstić information content (AvgIpc) is 3.30. The Kier molecular flexibility index (Phi) is 8.13. The second kappa shape index (κ2) is 11.8. The molecule has 0 bridgehead atoms. The van der Waals surface area contributed by atoms with Crippen LogP contribution in [0, 0.1) is 10.1 Å². The zero-order chi connectivity index (χ0) is 26.2. The van der Waals surface area contributed by atoms with E-state index in [9.17, 15) is 24.8 Å². The first-order valence-electron chi connectivity index (χ1n) is 11.7. The zero-order valence-electron chi connectivity index (χ0n) is 19.8. The molecule has 0 aliphatic carbocycles. The number of non-ortho nitro benzene ring substituents is 1. The highest BCUT2D eigenvalue weighted by atomic mass is 16.6. The van der Waals surface area contributed by atoms with Crippen molar-refractivity contribution in [2.75, 3.05) is 25.0 Å². The number of hydrogen-bond donors (Lipinski definition) is 4. The molecule has 1 aliphatic rings. The van der Waals surface area contributed by atoms with Gasteiger partial charge in [0.05, 0.1) is 11.5 Å². The topological polar surface area (TPSA) is 181 Å². The van der Waals surface area contributed by atoms with Gasteiger partial charge in [0, 0.05) is 32.0 Å². The predicted molar refractivity (Wildman–Crippen MR) is 134 cm³/mol. The van der Waals surface area contributed by atoms with Crippen molar-refractivity contribution in [1.29, 1.82) is 0 Å². The number of amides is 1. The van der Waals surface area contributed by atoms with Crippen molar-refractivity contribution in [2.45, 2.75) is 31.7 Å². The van der Waals surface area contributed by atoms with E-state index in [0.717, 1.165) is 18.5 Å². The van der Waals surface area contributed by atoms with Gasteiger partial charge in [0.15, 0.2) is 17.1 Å². The van der Waals surface area contributed by atoms with Crippen molar-refractivity contribution in [2.24, 2.45) is 4.99 Å². The molecule has 0 fully saturated rings. The molecule has 4 rings (SSSR count). The van der Waals surface area contributed by atoms with Crippen LogP contribution in [0.5, 0.6) is 5.75 Å². The number of benzene rings is 2. The SMILES string of the molecule is O=C(CCCOc1ccc(CC(Nc2nc3c([N+](=O)[O-])cccc3o2)C(=O)O)cc1)NC1=NCCCN1. The number of carbonyl (C=O) groups is 2. The molecule has 1 unspecified atom stereocenters. The number of aliphatic imine (C=N–C) groups is 1. The van der Waals surface area contributed by atoms with E-state index in [0.29, 0.717) is 37.7 Å². The van der Waals surface area contributed by atoms with Gasteiger partial charge in [0.2, 0.25) is 5.91 Å². The number of aliphatic carboxylic acids is 1. The van der Waals surface area contributed by atoms with Gasteiger partial charge in [-0.05, 0) is 36.6 Å². The lowest BCUT2D eigenvalue weighted by molar-refractivity contribution is -0.383. The number of nitro groups is 1. The van der Waals surface area contributed by atoms with Crippen molar-refractivity contribution >= 4 is 40.6 Å². The summed E-state index contributed by atoms with van der Waals surface area (Å²) in [5.74, 6) is -0.162. The quantitative estimate of drug-likeness (QED) is 0.170. The minimum Gasteiger partial charge on any atom is -0.494 e. The van der Waals surface area contributed by atoms with Crippen molar-refractivity contribution in [1.82, 2.24) is 15.6 Å². The molecule has 1 amide bonds. The van der Waals surface area contributed by atoms with E-state index in [1.165, 1.54) is 18.2 Å². The number of rotatable bonds is 11. The molecule has 194 valence electrons. The largest absolute Gasteiger partial charge is 0.494 e. The number of oxazole rings is 1. The maximum Gasteiger partial charge on any atom is 0.326 e. The minimum atomic E-state index is -1.13. The van der Waals surface area contributed by atoms with Crippen molar-refractivity contribution in [3.05, 3.63) is 58.1 Å². The number of hydrogen-bond acceptors (Lipinski definition) is 10. The number of carboxylic acid groups (broad SMARTS) is 1. The number of carbonyl (C=O) groups excluding carboxylic acids is 1. The summed E-state index contributed by atoms with van der Waals surface area (Å²) in [5, 5.41) is 29.3. The Morgan fingerprint density at radius 2 is 2.05 bits per heavy atom. The summed E-state index contributed by atoms with van der Waals surface area (Å²) in [7, 11) is 0. The molecular weight excluding hydrogens is 484 g/mol. The molecule has 2 aromatic carbocycles. The van der Waals surface area contributed by atoms with Gasteiger partial charge in [0.1, 0.15) is 11.8 Å². The number of aromatic nitrogens is 1. The highest BCUT2D eigenvalue weighted by Gasteiger charge is 2.23. The van der Waals surface area contributed by atoms with Crippen molar-refractivity contribution in [3.63, 3.8) is 0 Å². The van der Waals surface area contributed by atoms with Gasteiger partial charge in [-0.25, -0.2) is 4.79 Å². The van der Waals surface area contributed by atoms with Gasteiger partial charge < -0.3 is 24.9 Å². The van der Waals surface area contributed by atoms with Crippen molar-refractivity contribution < 1.29 is 28.8 Å². The molecule has 0 saturated carbocycles. The standard InChI is InChI=1S/C24H26N6O7/c31-20(28-23-25-11-3-12-26-23)6-2-13-36-16-9-7-15(8-10-16)14-17(22(32)33)27-24-29-21-18(30(34)35)4-1-5-19(21)37-24/h1,4-5,7-10,17H,2-3,6,11-14H2,(H,27,29)(H,32,33)(H2,25,26,28,31). The Balaban J connectivity index is 1.27. The summed E-state index contributed by atoms with van der Waals surface area (Å²) in [6, 6.07) is 10.00. The van der Waals surface area contributed by atoms with E-state index < -0.39 is 16.9 Å². The second-order valence-electron chi connectivity index (χ2n) is 8.29. The van der Waals surface area contributed by atoms with Crippen LogP contribution in [-0.2, 0) is 16.0 Å². The molecule has 3 aromatic rings. The molecule has 0 radical (unpaired) electrons. The number of para-hydroxylation sites is 1. The molecule has 0 spiro atoms. The Hall–Kier alpha value is -4.68. The van der Waals surface area contributed by atoms with Crippen LogP contribution in [0.1, 0.15) is 24.8 Å². The zero-order valence-corrected chi connectivity index (χ0v) is 19.8. The van der Waals surface area contributed by atoms with Crippen LogP contribution in [0.25, 0.3) is 11.1 Å².